The lowest BCUT2D eigenvalue weighted by atomic mass is 9.70. The molecule has 110 valence electrons. The fraction of sp³-hybridized carbons (Fsp3) is 0.571. The van der Waals surface area contributed by atoms with Crippen LogP contribution in [0.25, 0.3) is 0 Å². The molecule has 2 N–H and O–H groups in total. The van der Waals surface area contributed by atoms with E-state index in [0.717, 1.165) is 32.2 Å². The number of hydrogen-bond donors (Lipinski definition) is 2. The average Bonchev–Trinajstić information content (AvgIpc) is 2.37. The largest absolute Gasteiger partial charge is 0.311 e. The van der Waals surface area contributed by atoms with Gasteiger partial charge < -0.3 is 5.32 Å². The first-order valence-corrected chi connectivity index (χ1v) is 8.51. The Hall–Kier alpha value is -0.980. The molecule has 6 heteroatoms. The molecule has 1 aromatic carbocycles. The lowest BCUT2D eigenvalue weighted by Crippen LogP contribution is -2.59. The van der Waals surface area contributed by atoms with Crippen LogP contribution in [0, 0.1) is 5.82 Å². The second kappa shape index (κ2) is 5.09. The molecule has 20 heavy (non-hydrogen) atoms. The van der Waals surface area contributed by atoms with Crippen LogP contribution >= 0.6 is 0 Å². The van der Waals surface area contributed by atoms with Crippen molar-refractivity contribution in [1.82, 2.24) is 10.0 Å². The van der Waals surface area contributed by atoms with Gasteiger partial charge >= 0.3 is 0 Å². The lowest BCUT2D eigenvalue weighted by molar-refractivity contribution is 0.126. The number of halogens is 1. The third-order valence-electron chi connectivity index (χ3n) is 4.39. The average molecular weight is 298 g/mol. The third kappa shape index (κ3) is 2.60. The fourth-order valence-electron chi connectivity index (χ4n) is 3.19. The molecule has 0 amide bonds. The summed E-state index contributed by atoms with van der Waals surface area (Å²) in [6.45, 7) is 0.810. The van der Waals surface area contributed by atoms with Gasteiger partial charge in [-0.1, -0.05) is 12.1 Å². The molecule has 1 aromatic rings. The highest BCUT2D eigenvalue weighted by molar-refractivity contribution is 7.89. The summed E-state index contributed by atoms with van der Waals surface area (Å²) in [5, 5.41) is 3.49. The number of nitrogens with one attached hydrogen (secondary N) is 2. The minimum Gasteiger partial charge on any atom is -0.311 e. The van der Waals surface area contributed by atoms with Gasteiger partial charge in [0.1, 0.15) is 10.7 Å². The molecule has 0 bridgehead atoms. The van der Waals surface area contributed by atoms with Crippen LogP contribution in [0.4, 0.5) is 4.39 Å². The Bertz CT molecular complexity index is 599. The maximum atomic E-state index is 13.6. The van der Waals surface area contributed by atoms with Gasteiger partial charge in [0.05, 0.1) is 0 Å². The first-order chi connectivity index (χ1) is 9.51. The van der Waals surface area contributed by atoms with Gasteiger partial charge in [-0.3, -0.25) is 0 Å². The van der Waals surface area contributed by atoms with Crippen molar-refractivity contribution >= 4 is 10.0 Å². The molecule has 4 nitrogen and oxygen atoms in total. The first-order valence-electron chi connectivity index (χ1n) is 7.03. The van der Waals surface area contributed by atoms with Crippen LogP contribution in [0.3, 0.4) is 0 Å². The van der Waals surface area contributed by atoms with Crippen molar-refractivity contribution in [3.63, 3.8) is 0 Å². The number of benzene rings is 1. The molecular weight excluding hydrogens is 279 g/mol. The van der Waals surface area contributed by atoms with Crippen LogP contribution in [0.1, 0.15) is 32.1 Å². The molecule has 2 fully saturated rings. The highest BCUT2D eigenvalue weighted by Gasteiger charge is 2.41. The van der Waals surface area contributed by atoms with Gasteiger partial charge in [-0.05, 0) is 50.8 Å². The SMILES string of the molecule is O=S(=O)(NC1CCNC2(CCC2)C1)c1ccccc1F. The summed E-state index contributed by atoms with van der Waals surface area (Å²) in [6.07, 6.45) is 4.94. The monoisotopic (exact) mass is 298 g/mol. The third-order valence-corrected chi connectivity index (χ3v) is 5.94. The molecule has 1 heterocycles. The second-order valence-electron chi connectivity index (χ2n) is 5.80. The summed E-state index contributed by atoms with van der Waals surface area (Å²) in [7, 11) is -3.78. The standard InChI is InChI=1S/C14H19FN2O2S/c15-12-4-1-2-5-13(12)20(18,19)17-11-6-9-16-14(10-11)7-3-8-14/h1-2,4-5,11,16-17H,3,6-10H2. The normalized spacial score (nSPS) is 25.4. The van der Waals surface area contributed by atoms with Crippen LogP contribution in [0.2, 0.25) is 0 Å². The molecule has 3 rings (SSSR count). The second-order valence-corrected chi connectivity index (χ2v) is 7.48. The molecule has 0 aromatic heterocycles. The highest BCUT2D eigenvalue weighted by atomic mass is 32.2. The van der Waals surface area contributed by atoms with Gasteiger partial charge in [-0.15, -0.1) is 0 Å². The summed E-state index contributed by atoms with van der Waals surface area (Å²) < 4.78 is 40.8. The van der Waals surface area contributed by atoms with Crippen molar-refractivity contribution in [2.45, 2.75) is 48.6 Å². The van der Waals surface area contributed by atoms with Crippen LogP contribution in [0.15, 0.2) is 29.2 Å². The quantitative estimate of drug-likeness (QED) is 0.894. The van der Waals surface area contributed by atoms with E-state index in [4.69, 9.17) is 0 Å². The Kier molecular flexibility index (Phi) is 3.56. The summed E-state index contributed by atoms with van der Waals surface area (Å²) in [5.74, 6) is -0.702. The number of rotatable bonds is 3. The van der Waals surface area contributed by atoms with Crippen molar-refractivity contribution in [1.29, 1.82) is 0 Å². The minimum absolute atomic E-state index is 0.110. The van der Waals surface area contributed by atoms with Gasteiger partial charge in [-0.2, -0.15) is 0 Å². The van der Waals surface area contributed by atoms with E-state index >= 15 is 0 Å². The van der Waals surface area contributed by atoms with E-state index in [9.17, 15) is 12.8 Å². The summed E-state index contributed by atoms with van der Waals surface area (Å²) in [4.78, 5) is -0.263. The van der Waals surface area contributed by atoms with Crippen LogP contribution in [-0.4, -0.2) is 26.5 Å². The molecule has 2 aliphatic rings. The van der Waals surface area contributed by atoms with Crippen molar-refractivity contribution in [3.8, 4) is 0 Å². The Morgan fingerprint density at radius 3 is 2.70 bits per heavy atom. The molecule has 1 saturated carbocycles. The Morgan fingerprint density at radius 2 is 2.05 bits per heavy atom. The molecule has 1 unspecified atom stereocenters. The maximum Gasteiger partial charge on any atom is 0.243 e. The molecule has 1 aliphatic heterocycles. The highest BCUT2D eigenvalue weighted by Crippen LogP contribution is 2.38. The zero-order valence-corrected chi connectivity index (χ0v) is 12.0. The van der Waals surface area contributed by atoms with Gasteiger partial charge in [0.2, 0.25) is 10.0 Å². The first kappa shape index (κ1) is 14.0. The molecule has 1 aliphatic carbocycles. The van der Waals surface area contributed by atoms with Crippen molar-refractivity contribution in [2.24, 2.45) is 0 Å². The minimum atomic E-state index is -3.78. The fourth-order valence-corrected chi connectivity index (χ4v) is 4.54. The molecule has 1 spiro atoms. The predicted octanol–water partition coefficient (Wildman–Crippen LogP) is 1.78. The topological polar surface area (TPSA) is 58.2 Å². The van der Waals surface area contributed by atoms with Gasteiger partial charge in [0.25, 0.3) is 0 Å². The Labute approximate surface area is 118 Å². The van der Waals surface area contributed by atoms with E-state index in [1.807, 2.05) is 0 Å². The molecule has 0 radical (unpaired) electrons. The zero-order valence-electron chi connectivity index (χ0n) is 11.2. The van der Waals surface area contributed by atoms with E-state index in [0.29, 0.717) is 0 Å². The van der Waals surface area contributed by atoms with Crippen molar-refractivity contribution in [3.05, 3.63) is 30.1 Å². The predicted molar refractivity (Wildman–Crippen MR) is 74.3 cm³/mol. The van der Waals surface area contributed by atoms with E-state index in [1.54, 1.807) is 0 Å². The van der Waals surface area contributed by atoms with Crippen LogP contribution in [-0.2, 0) is 10.0 Å². The summed E-state index contributed by atoms with van der Waals surface area (Å²) in [5.41, 5.74) is 0.112. The van der Waals surface area contributed by atoms with E-state index < -0.39 is 15.8 Å². The lowest BCUT2D eigenvalue weighted by Gasteiger charge is -2.48. The van der Waals surface area contributed by atoms with Gasteiger partial charge in [0.15, 0.2) is 0 Å². The smallest absolute Gasteiger partial charge is 0.243 e. The number of piperidine rings is 1. The molecule has 1 atom stereocenters. The van der Waals surface area contributed by atoms with Crippen LogP contribution in [0.5, 0.6) is 0 Å². The maximum absolute atomic E-state index is 13.6. The van der Waals surface area contributed by atoms with E-state index in [2.05, 4.69) is 10.0 Å². The molecule has 1 saturated heterocycles. The number of hydrogen-bond acceptors (Lipinski definition) is 3. The Morgan fingerprint density at radius 1 is 1.30 bits per heavy atom. The van der Waals surface area contributed by atoms with E-state index in [-0.39, 0.29) is 16.5 Å². The van der Waals surface area contributed by atoms with Crippen molar-refractivity contribution < 1.29 is 12.8 Å². The van der Waals surface area contributed by atoms with Crippen LogP contribution < -0.4 is 10.0 Å². The molecular formula is C14H19FN2O2S. The van der Waals surface area contributed by atoms with Gasteiger partial charge in [-0.25, -0.2) is 17.5 Å². The Balaban J connectivity index is 1.75. The summed E-state index contributed by atoms with van der Waals surface area (Å²) >= 11 is 0. The van der Waals surface area contributed by atoms with Gasteiger partial charge in [0, 0.05) is 11.6 Å². The van der Waals surface area contributed by atoms with Crippen molar-refractivity contribution in [2.75, 3.05) is 6.54 Å². The number of sulfonamides is 1. The summed E-state index contributed by atoms with van der Waals surface area (Å²) in [6, 6.07) is 5.39. The zero-order chi connectivity index (χ0) is 14.2. The van der Waals surface area contributed by atoms with E-state index in [1.165, 1.54) is 30.7 Å².